The van der Waals surface area contributed by atoms with Crippen LogP contribution in [-0.4, -0.2) is 0 Å². The van der Waals surface area contributed by atoms with Gasteiger partial charge in [0.15, 0.2) is 0 Å². The molecular formula is C60H38. The van der Waals surface area contributed by atoms with Gasteiger partial charge in [-0.15, -0.1) is 0 Å². The Kier molecular flexibility index (Phi) is 7.96. The molecule has 0 heteroatoms. The van der Waals surface area contributed by atoms with Crippen LogP contribution in [0.15, 0.2) is 231 Å². The topological polar surface area (TPSA) is 0 Å². The predicted octanol–water partition coefficient (Wildman–Crippen LogP) is 16.9. The van der Waals surface area contributed by atoms with Crippen molar-refractivity contribution in [2.75, 3.05) is 0 Å². The van der Waals surface area contributed by atoms with Crippen molar-refractivity contribution in [2.24, 2.45) is 0 Å². The number of hydrogen-bond acceptors (Lipinski definition) is 0. The lowest BCUT2D eigenvalue weighted by atomic mass is 9.84. The molecule has 0 fully saturated rings. The van der Waals surface area contributed by atoms with Crippen molar-refractivity contribution < 1.29 is 0 Å². The molecule has 12 rings (SSSR count). The van der Waals surface area contributed by atoms with Crippen LogP contribution in [0.3, 0.4) is 0 Å². The fourth-order valence-electron chi connectivity index (χ4n) is 9.68. The highest BCUT2D eigenvalue weighted by Gasteiger charge is 2.19. The van der Waals surface area contributed by atoms with Gasteiger partial charge in [-0.3, -0.25) is 0 Å². The number of rotatable bonds is 5. The molecule has 60 heavy (non-hydrogen) atoms. The molecule has 0 unspecified atom stereocenters. The summed E-state index contributed by atoms with van der Waals surface area (Å²) in [7, 11) is 0. The van der Waals surface area contributed by atoms with Gasteiger partial charge >= 0.3 is 0 Å². The van der Waals surface area contributed by atoms with Crippen molar-refractivity contribution >= 4 is 64.6 Å². The van der Waals surface area contributed by atoms with Crippen molar-refractivity contribution in [1.29, 1.82) is 0 Å². The van der Waals surface area contributed by atoms with Crippen LogP contribution in [0, 0.1) is 0 Å². The Bertz CT molecular complexity index is 3640. The highest BCUT2D eigenvalue weighted by atomic mass is 14.2. The molecule has 0 amide bonds. The average molecular weight is 759 g/mol. The van der Waals surface area contributed by atoms with Crippen LogP contribution in [0.4, 0.5) is 0 Å². The van der Waals surface area contributed by atoms with Crippen LogP contribution >= 0.6 is 0 Å². The first-order chi connectivity index (χ1) is 29.7. The Morgan fingerprint density at radius 1 is 0.167 bits per heavy atom. The molecule has 0 nitrogen and oxygen atoms in total. The van der Waals surface area contributed by atoms with Gasteiger partial charge in [0.2, 0.25) is 0 Å². The molecule has 0 aliphatic carbocycles. The van der Waals surface area contributed by atoms with Gasteiger partial charge < -0.3 is 0 Å². The number of fused-ring (bicyclic) bond motifs is 6. The van der Waals surface area contributed by atoms with E-state index in [-0.39, 0.29) is 0 Å². The van der Waals surface area contributed by atoms with E-state index in [1.807, 2.05) is 0 Å². The SMILES string of the molecule is c1ccc2cc(-c3ccc(-c4c5ccccc5c(-c5ccc6ccccc6c5)c5cc(-c6ccc7c(-c8cccc9ccccc89)cccc7c6)ccc45)cc3)ccc2c1. The molecule has 0 heterocycles. The standard InChI is InChI=1S/C60H38/c1-3-14-44-35-46(29-25-39(44)11-1)41-23-27-43(28-24-41)59-55-19-7-8-20-56(55)60(50-30-26-40-12-2-4-15-45(40)37-50)58-38-48(32-34-57(58)59)47-31-33-52-49(36-47)17-10-22-54(52)53-21-9-16-42-13-5-6-18-51(42)53/h1-38H. The molecule has 0 bridgehead atoms. The smallest absolute Gasteiger partial charge is 0.00259 e. The Hall–Kier alpha value is -7.80. The normalized spacial score (nSPS) is 11.7. The minimum Gasteiger partial charge on any atom is -0.0616 e. The second-order valence-corrected chi connectivity index (χ2v) is 16.0. The van der Waals surface area contributed by atoms with Crippen LogP contribution in [0.25, 0.3) is 120 Å². The lowest BCUT2D eigenvalue weighted by molar-refractivity contribution is 1.62. The molecular weight excluding hydrogens is 721 g/mol. The first kappa shape index (κ1) is 34.3. The van der Waals surface area contributed by atoms with E-state index in [2.05, 4.69) is 231 Å². The molecule has 0 aliphatic heterocycles. The third-order valence-corrected chi connectivity index (χ3v) is 12.6. The van der Waals surface area contributed by atoms with Crippen molar-refractivity contribution in [3.63, 3.8) is 0 Å². The quantitative estimate of drug-likeness (QED) is 0.153. The van der Waals surface area contributed by atoms with Crippen molar-refractivity contribution in [3.05, 3.63) is 231 Å². The van der Waals surface area contributed by atoms with Crippen LogP contribution in [0.5, 0.6) is 0 Å². The summed E-state index contributed by atoms with van der Waals surface area (Å²) in [6.07, 6.45) is 0. The summed E-state index contributed by atoms with van der Waals surface area (Å²) in [5.74, 6) is 0. The van der Waals surface area contributed by atoms with Gasteiger partial charge in [0.1, 0.15) is 0 Å². The molecule has 278 valence electrons. The summed E-state index contributed by atoms with van der Waals surface area (Å²) in [5.41, 5.74) is 12.3. The van der Waals surface area contributed by atoms with Crippen LogP contribution in [0.2, 0.25) is 0 Å². The Labute approximate surface area is 349 Å². The zero-order chi connectivity index (χ0) is 39.6. The van der Waals surface area contributed by atoms with Crippen LogP contribution < -0.4 is 0 Å². The van der Waals surface area contributed by atoms with Crippen molar-refractivity contribution in [1.82, 2.24) is 0 Å². The summed E-state index contributed by atoms with van der Waals surface area (Å²) >= 11 is 0. The van der Waals surface area contributed by atoms with Gasteiger partial charge in [-0.1, -0.05) is 206 Å². The molecule has 0 aromatic heterocycles. The van der Waals surface area contributed by atoms with Crippen molar-refractivity contribution in [3.8, 4) is 55.6 Å². The Balaban J connectivity index is 1.05. The lowest BCUT2D eigenvalue weighted by Crippen LogP contribution is -1.92. The van der Waals surface area contributed by atoms with E-state index in [0.717, 1.165) is 0 Å². The zero-order valence-electron chi connectivity index (χ0n) is 32.9. The van der Waals surface area contributed by atoms with Gasteiger partial charge in [-0.2, -0.15) is 0 Å². The minimum absolute atomic E-state index is 1.20. The number of benzene rings is 12. The third-order valence-electron chi connectivity index (χ3n) is 12.6. The Morgan fingerprint density at radius 2 is 0.550 bits per heavy atom. The predicted molar refractivity (Wildman–Crippen MR) is 259 cm³/mol. The maximum atomic E-state index is 2.44. The van der Waals surface area contributed by atoms with E-state index >= 15 is 0 Å². The summed E-state index contributed by atoms with van der Waals surface area (Å²) < 4.78 is 0. The maximum absolute atomic E-state index is 2.44. The lowest BCUT2D eigenvalue weighted by Gasteiger charge is -2.19. The second-order valence-electron chi connectivity index (χ2n) is 16.0. The molecule has 0 saturated heterocycles. The minimum atomic E-state index is 1.20. The highest BCUT2D eigenvalue weighted by Crippen LogP contribution is 2.46. The molecule has 0 spiro atoms. The molecule has 0 saturated carbocycles. The summed E-state index contributed by atoms with van der Waals surface area (Å²) in [4.78, 5) is 0. The van der Waals surface area contributed by atoms with Gasteiger partial charge in [-0.25, -0.2) is 0 Å². The van der Waals surface area contributed by atoms with Gasteiger partial charge in [0.25, 0.3) is 0 Å². The number of hydrogen-bond donors (Lipinski definition) is 0. The van der Waals surface area contributed by atoms with E-state index in [0.29, 0.717) is 0 Å². The zero-order valence-corrected chi connectivity index (χ0v) is 32.9. The second kappa shape index (κ2) is 13.9. The molecule has 0 atom stereocenters. The maximum Gasteiger partial charge on any atom is -0.00259 e. The highest BCUT2D eigenvalue weighted by molar-refractivity contribution is 6.22. The molecule has 0 radical (unpaired) electrons. The molecule has 0 N–H and O–H groups in total. The summed E-state index contributed by atoms with van der Waals surface area (Å²) in [6, 6.07) is 85.3. The first-order valence-corrected chi connectivity index (χ1v) is 20.8. The molecule has 12 aromatic carbocycles. The fourth-order valence-corrected chi connectivity index (χ4v) is 9.68. The monoisotopic (exact) mass is 758 g/mol. The first-order valence-electron chi connectivity index (χ1n) is 20.8. The largest absolute Gasteiger partial charge is 0.0616 e. The van der Waals surface area contributed by atoms with E-state index in [9.17, 15) is 0 Å². The summed E-state index contributed by atoms with van der Waals surface area (Å²) in [5, 5.41) is 15.0. The summed E-state index contributed by atoms with van der Waals surface area (Å²) in [6.45, 7) is 0. The van der Waals surface area contributed by atoms with Crippen LogP contribution in [-0.2, 0) is 0 Å². The van der Waals surface area contributed by atoms with Crippen LogP contribution in [0.1, 0.15) is 0 Å². The van der Waals surface area contributed by atoms with Crippen molar-refractivity contribution in [2.45, 2.75) is 0 Å². The van der Waals surface area contributed by atoms with E-state index in [1.165, 1.54) is 120 Å². The van der Waals surface area contributed by atoms with Gasteiger partial charge in [-0.05, 0) is 145 Å². The third kappa shape index (κ3) is 5.69. The van der Waals surface area contributed by atoms with E-state index in [4.69, 9.17) is 0 Å². The average Bonchev–Trinajstić information content (AvgIpc) is 3.32. The molecule has 12 aromatic rings. The van der Waals surface area contributed by atoms with E-state index in [1.54, 1.807) is 0 Å². The van der Waals surface area contributed by atoms with Gasteiger partial charge in [0.05, 0.1) is 0 Å². The Morgan fingerprint density at radius 3 is 1.23 bits per heavy atom. The molecule has 0 aliphatic rings. The van der Waals surface area contributed by atoms with Gasteiger partial charge in [0, 0.05) is 0 Å². The fraction of sp³-hybridized carbons (Fsp3) is 0. The van der Waals surface area contributed by atoms with E-state index < -0.39 is 0 Å².